The fourth-order valence-electron chi connectivity index (χ4n) is 5.92. The number of ether oxygens (including phenoxy) is 2. The first-order valence-corrected chi connectivity index (χ1v) is 19.7. The summed E-state index contributed by atoms with van der Waals surface area (Å²) in [6, 6.07) is 19.4. The number of nitro benzene ring substituents is 1. The van der Waals surface area contributed by atoms with Gasteiger partial charge in [0.05, 0.1) is 39.6 Å². The van der Waals surface area contributed by atoms with E-state index >= 15 is 0 Å². The first kappa shape index (κ1) is 48.2. The Kier molecular flexibility index (Phi) is 15.3. The van der Waals surface area contributed by atoms with Crippen molar-refractivity contribution in [1.82, 2.24) is 5.32 Å². The molecule has 0 heterocycles. The van der Waals surface area contributed by atoms with E-state index in [1.165, 1.54) is 91.0 Å². The summed E-state index contributed by atoms with van der Waals surface area (Å²) in [5.41, 5.74) is -0.138. The van der Waals surface area contributed by atoms with E-state index in [1.807, 2.05) is 0 Å². The average Bonchev–Trinajstić information content (AvgIpc) is 3.27. The molecule has 5 amide bonds. The molecule has 0 radical (unpaired) electrons. The zero-order valence-corrected chi connectivity index (χ0v) is 35.4. The summed E-state index contributed by atoms with van der Waals surface area (Å²) >= 11 is 0. The number of nitrogens with zero attached hydrogens (tertiary/aromatic N) is 1. The van der Waals surface area contributed by atoms with Crippen molar-refractivity contribution >= 4 is 69.9 Å². The third kappa shape index (κ3) is 12.2. The van der Waals surface area contributed by atoms with Crippen LogP contribution in [0.5, 0.6) is 17.2 Å². The van der Waals surface area contributed by atoms with Crippen molar-refractivity contribution in [2.24, 2.45) is 0 Å². The highest BCUT2D eigenvalue weighted by molar-refractivity contribution is 6.10. The molecule has 0 unspecified atom stereocenters. The zero-order chi connectivity index (χ0) is 48.4. The number of aliphatic hydroxyl groups is 1. The number of hydrogen-bond donors (Lipinski definition) is 9. The summed E-state index contributed by atoms with van der Waals surface area (Å²) < 4.78 is 11.5. The fraction of sp³-hybridized carbons (Fsp3) is 0.178. The van der Waals surface area contributed by atoms with E-state index in [-0.39, 0.29) is 73.9 Å². The third-order valence-corrected chi connectivity index (χ3v) is 9.11. The first-order chi connectivity index (χ1) is 31.2. The second kappa shape index (κ2) is 21.0. The molecular formula is C45H42N6O15. The molecule has 66 heavy (non-hydrogen) atoms. The van der Waals surface area contributed by atoms with Crippen LogP contribution in [0.1, 0.15) is 79.5 Å². The van der Waals surface area contributed by atoms with Crippen LogP contribution in [-0.2, 0) is 9.59 Å². The lowest BCUT2D eigenvalue weighted by molar-refractivity contribution is -0.384. The van der Waals surface area contributed by atoms with Gasteiger partial charge in [0.1, 0.15) is 5.75 Å². The molecule has 5 aromatic rings. The van der Waals surface area contributed by atoms with Gasteiger partial charge in [-0.1, -0.05) is 0 Å². The van der Waals surface area contributed by atoms with Gasteiger partial charge >= 0.3 is 11.9 Å². The van der Waals surface area contributed by atoms with Gasteiger partial charge in [0, 0.05) is 40.2 Å². The van der Waals surface area contributed by atoms with Gasteiger partial charge < -0.3 is 56.5 Å². The van der Waals surface area contributed by atoms with Gasteiger partial charge in [-0.3, -0.25) is 34.1 Å². The number of non-ortho nitro benzene ring substituents is 1. The predicted molar refractivity (Wildman–Crippen MR) is 236 cm³/mol. The van der Waals surface area contributed by atoms with Crippen molar-refractivity contribution in [1.29, 1.82) is 0 Å². The number of amides is 5. The Balaban J connectivity index is 1.21. The molecule has 0 aliphatic carbocycles. The van der Waals surface area contributed by atoms with Crippen molar-refractivity contribution in [3.05, 3.63) is 141 Å². The van der Waals surface area contributed by atoms with Crippen LogP contribution in [0.15, 0.2) is 103 Å². The summed E-state index contributed by atoms with van der Waals surface area (Å²) in [5.74, 6) is -8.09. The van der Waals surface area contributed by atoms with Gasteiger partial charge in [-0.2, -0.15) is 0 Å². The largest absolute Gasteiger partial charge is 0.504 e. The first-order valence-electron chi connectivity index (χ1n) is 19.7. The fourth-order valence-corrected chi connectivity index (χ4v) is 5.92. The van der Waals surface area contributed by atoms with Gasteiger partial charge in [0.25, 0.3) is 35.2 Å². The summed E-state index contributed by atoms with van der Waals surface area (Å²) in [6.07, 6.45) is -3.23. The number of hydrogen-bond acceptors (Lipinski definition) is 13. The highest BCUT2D eigenvalue weighted by atomic mass is 16.6. The smallest absolute Gasteiger partial charge is 0.335 e. The Labute approximate surface area is 374 Å². The minimum absolute atomic E-state index is 0.0221. The molecule has 0 saturated heterocycles. The number of carbonyl (C=O) groups excluding carboxylic acids is 5. The van der Waals surface area contributed by atoms with Gasteiger partial charge in [-0.25, -0.2) is 9.59 Å². The normalized spacial score (nSPS) is 11.7. The Morgan fingerprint density at radius 1 is 0.591 bits per heavy atom. The minimum atomic E-state index is -2.31. The number of nitrogens with one attached hydrogen (secondary N) is 5. The number of aliphatic hydroxyl groups excluding tert-OH is 1. The molecule has 0 aliphatic heterocycles. The van der Waals surface area contributed by atoms with E-state index in [4.69, 9.17) is 9.47 Å². The second-order valence-electron chi connectivity index (χ2n) is 14.7. The summed E-state index contributed by atoms with van der Waals surface area (Å²) in [6.45, 7) is 6.71. The van der Waals surface area contributed by atoms with Crippen LogP contribution in [0.3, 0.4) is 0 Å². The summed E-state index contributed by atoms with van der Waals surface area (Å²) in [4.78, 5) is 99.0. The SMILES string of the molecule is CC(C)Oc1cc(C(=O)O)ccc1NC(=O)c1ccc(NC(=O)c2ccc(NC(=O)[C@@H](O)[C@H](NC(=O)c3ccc(NC(=O)c4ccc([N+](=O)[O-])cc4)cc3)C(=O)O)cc2)c(OC(C)C)c1O. The number of benzene rings is 5. The Bertz CT molecular complexity index is 2690. The number of anilines is 4. The van der Waals surface area contributed by atoms with E-state index in [0.29, 0.717) is 0 Å². The predicted octanol–water partition coefficient (Wildman–Crippen LogP) is 5.51. The number of rotatable bonds is 18. The van der Waals surface area contributed by atoms with Gasteiger partial charge in [0.15, 0.2) is 23.6 Å². The molecule has 0 spiro atoms. The van der Waals surface area contributed by atoms with Crippen molar-refractivity contribution < 1.29 is 68.4 Å². The average molecular weight is 907 g/mol. The minimum Gasteiger partial charge on any atom is -0.504 e. The van der Waals surface area contributed by atoms with Crippen LogP contribution < -0.4 is 36.1 Å². The van der Waals surface area contributed by atoms with Crippen molar-refractivity contribution in [3.8, 4) is 17.2 Å². The van der Waals surface area contributed by atoms with E-state index in [0.717, 1.165) is 12.1 Å². The number of phenols is 1. The van der Waals surface area contributed by atoms with Gasteiger partial charge in [-0.15, -0.1) is 0 Å². The molecule has 21 nitrogen and oxygen atoms in total. The lowest BCUT2D eigenvalue weighted by Gasteiger charge is -2.20. The lowest BCUT2D eigenvalue weighted by atomic mass is 10.1. The molecule has 5 aromatic carbocycles. The lowest BCUT2D eigenvalue weighted by Crippen LogP contribution is -2.53. The van der Waals surface area contributed by atoms with Crippen LogP contribution in [0, 0.1) is 10.1 Å². The van der Waals surface area contributed by atoms with E-state index < -0.39 is 70.4 Å². The number of carboxylic acids is 2. The van der Waals surface area contributed by atoms with E-state index in [9.17, 15) is 64.1 Å². The number of aliphatic carboxylic acids is 1. The molecule has 0 aromatic heterocycles. The monoisotopic (exact) mass is 906 g/mol. The van der Waals surface area contributed by atoms with Crippen molar-refractivity contribution in [2.75, 3.05) is 21.3 Å². The number of nitro groups is 1. The van der Waals surface area contributed by atoms with Crippen molar-refractivity contribution in [3.63, 3.8) is 0 Å². The molecule has 0 fully saturated rings. The number of phenolic OH excluding ortho intramolecular Hbond substituents is 1. The highest BCUT2D eigenvalue weighted by Crippen LogP contribution is 2.39. The van der Waals surface area contributed by atoms with Crippen LogP contribution in [0.4, 0.5) is 28.4 Å². The van der Waals surface area contributed by atoms with Gasteiger partial charge in [-0.05, 0) is 119 Å². The highest BCUT2D eigenvalue weighted by Gasteiger charge is 2.34. The molecular weight excluding hydrogens is 865 g/mol. The Morgan fingerprint density at radius 3 is 1.61 bits per heavy atom. The van der Waals surface area contributed by atoms with Crippen molar-refractivity contribution in [2.45, 2.75) is 52.0 Å². The quantitative estimate of drug-likeness (QED) is 0.0387. The van der Waals surface area contributed by atoms with Crippen LogP contribution in [0.2, 0.25) is 0 Å². The summed E-state index contributed by atoms with van der Waals surface area (Å²) in [7, 11) is 0. The Morgan fingerprint density at radius 2 is 1.08 bits per heavy atom. The van der Waals surface area contributed by atoms with Gasteiger partial charge in [0.2, 0.25) is 0 Å². The number of aromatic hydroxyl groups is 1. The number of aromatic carboxylic acids is 1. The summed E-state index contributed by atoms with van der Waals surface area (Å²) in [5, 5.41) is 64.1. The maximum absolute atomic E-state index is 13.4. The third-order valence-electron chi connectivity index (χ3n) is 9.11. The maximum Gasteiger partial charge on any atom is 0.335 e. The molecule has 0 bridgehead atoms. The van der Waals surface area contributed by atoms with E-state index in [2.05, 4.69) is 26.6 Å². The molecule has 342 valence electrons. The van der Waals surface area contributed by atoms with Crippen LogP contribution in [-0.4, -0.2) is 91.2 Å². The second-order valence-corrected chi connectivity index (χ2v) is 14.7. The topological polar surface area (TPSA) is 322 Å². The molecule has 9 N–H and O–H groups in total. The molecule has 0 aliphatic rings. The molecule has 21 heteroatoms. The molecule has 0 saturated carbocycles. The number of carbonyl (C=O) groups is 7. The zero-order valence-electron chi connectivity index (χ0n) is 35.4. The maximum atomic E-state index is 13.4. The molecule has 5 rings (SSSR count). The van der Waals surface area contributed by atoms with E-state index in [1.54, 1.807) is 27.7 Å². The van der Waals surface area contributed by atoms with Crippen LogP contribution >= 0.6 is 0 Å². The molecule has 2 atom stereocenters. The van der Waals surface area contributed by atoms with Crippen LogP contribution in [0.25, 0.3) is 0 Å². The standard InChI is InChI=1S/C45H42N6O15/c1-22(2)65-34-21-27(44(59)60)11-19-32(34)48-42(57)31-18-20-33(38(36(31)52)66-23(3)4)49-40(55)24-5-14-29(15-6-24)47-43(58)37(53)35(45(61)62)50-41(56)25-7-12-28(13-8-25)46-39(54)26-9-16-30(17-10-26)51(63)64/h5-23,35,37,52-53H,1-4H3,(H,46,54)(H,47,58)(H,48,57)(H,49,55)(H,50,56)(H,59,60)(H,61,62)/t35-,37-/m0/s1. The number of carboxylic acid groups (broad SMARTS) is 2. The Hall–Kier alpha value is -8.85.